The number of fused-ring (bicyclic) bond motifs is 1. The van der Waals surface area contributed by atoms with Gasteiger partial charge in [-0.25, -0.2) is 4.98 Å². The summed E-state index contributed by atoms with van der Waals surface area (Å²) in [4.78, 5) is 8.81. The lowest BCUT2D eigenvalue weighted by Gasteiger charge is -2.22. The Morgan fingerprint density at radius 1 is 1.41 bits per heavy atom. The number of hydrogen-bond acceptors (Lipinski definition) is 3. The third-order valence-corrected chi connectivity index (χ3v) is 3.71. The lowest BCUT2D eigenvalue weighted by Crippen LogP contribution is -2.29. The highest BCUT2D eigenvalue weighted by molar-refractivity contribution is 5.74. The molecule has 1 aliphatic heterocycles. The number of piperidine rings is 1. The Kier molecular flexibility index (Phi) is 2.81. The molecule has 3 rings (SSSR count). The van der Waals surface area contributed by atoms with E-state index in [0.29, 0.717) is 0 Å². The molecule has 0 aliphatic carbocycles. The normalized spacial score (nSPS) is 17.7. The van der Waals surface area contributed by atoms with Gasteiger partial charge in [-0.05, 0) is 37.9 Å². The second-order valence-corrected chi connectivity index (χ2v) is 4.85. The van der Waals surface area contributed by atoms with Gasteiger partial charge >= 0.3 is 0 Å². The zero-order valence-electron chi connectivity index (χ0n) is 10.2. The lowest BCUT2D eigenvalue weighted by molar-refractivity contribution is 0.365. The van der Waals surface area contributed by atoms with Gasteiger partial charge in [-0.2, -0.15) is 0 Å². The van der Waals surface area contributed by atoms with E-state index in [1.807, 2.05) is 18.5 Å². The lowest BCUT2D eigenvalue weighted by atomic mass is 9.94. The first-order valence-corrected chi connectivity index (χ1v) is 6.30. The van der Waals surface area contributed by atoms with E-state index < -0.39 is 0 Å². The van der Waals surface area contributed by atoms with Crippen LogP contribution in [0.15, 0.2) is 18.5 Å². The SMILES string of the molecule is Cn1c(CC2CCNCC2)nc2cnccc21. The van der Waals surface area contributed by atoms with Gasteiger partial charge in [-0.3, -0.25) is 4.98 Å². The Bertz CT molecular complexity index is 511. The molecule has 0 saturated carbocycles. The molecule has 2 aromatic rings. The Hall–Kier alpha value is -1.42. The Morgan fingerprint density at radius 3 is 3.00 bits per heavy atom. The Labute approximate surface area is 101 Å². The van der Waals surface area contributed by atoms with E-state index in [4.69, 9.17) is 0 Å². The molecule has 4 heteroatoms. The standard InChI is InChI=1S/C13H18N4/c1-17-12-4-7-15-9-11(12)16-13(17)8-10-2-5-14-6-3-10/h4,7,9-10,14H,2-3,5-6,8H2,1H3. The molecule has 1 fully saturated rings. The van der Waals surface area contributed by atoms with Crippen molar-refractivity contribution in [3.63, 3.8) is 0 Å². The summed E-state index contributed by atoms with van der Waals surface area (Å²) in [7, 11) is 2.10. The van der Waals surface area contributed by atoms with Crippen molar-refractivity contribution in [3.05, 3.63) is 24.3 Å². The average Bonchev–Trinajstić information content (AvgIpc) is 2.68. The van der Waals surface area contributed by atoms with Crippen LogP contribution in [0.4, 0.5) is 0 Å². The van der Waals surface area contributed by atoms with E-state index in [9.17, 15) is 0 Å². The molecule has 1 saturated heterocycles. The number of aryl methyl sites for hydroxylation is 1. The summed E-state index contributed by atoms with van der Waals surface area (Å²) in [5, 5.41) is 3.40. The van der Waals surface area contributed by atoms with Gasteiger partial charge < -0.3 is 9.88 Å². The van der Waals surface area contributed by atoms with Crippen molar-refractivity contribution in [3.8, 4) is 0 Å². The fourth-order valence-corrected chi connectivity index (χ4v) is 2.63. The average molecular weight is 230 g/mol. The van der Waals surface area contributed by atoms with E-state index in [0.717, 1.165) is 30.9 Å². The zero-order valence-corrected chi connectivity index (χ0v) is 10.2. The zero-order chi connectivity index (χ0) is 11.7. The van der Waals surface area contributed by atoms with Crippen molar-refractivity contribution in [2.45, 2.75) is 19.3 Å². The molecule has 90 valence electrons. The van der Waals surface area contributed by atoms with Crippen molar-refractivity contribution in [2.75, 3.05) is 13.1 Å². The summed E-state index contributed by atoms with van der Waals surface area (Å²) in [6.45, 7) is 2.30. The topological polar surface area (TPSA) is 42.7 Å². The van der Waals surface area contributed by atoms with Gasteiger partial charge in [0.2, 0.25) is 0 Å². The predicted molar refractivity (Wildman–Crippen MR) is 67.8 cm³/mol. The van der Waals surface area contributed by atoms with Crippen molar-refractivity contribution in [1.82, 2.24) is 19.9 Å². The van der Waals surface area contributed by atoms with Crippen molar-refractivity contribution in [2.24, 2.45) is 13.0 Å². The maximum absolute atomic E-state index is 4.69. The summed E-state index contributed by atoms with van der Waals surface area (Å²) in [6.07, 6.45) is 7.30. The number of hydrogen-bond donors (Lipinski definition) is 1. The van der Waals surface area contributed by atoms with E-state index in [1.165, 1.54) is 24.2 Å². The molecule has 0 unspecified atom stereocenters. The summed E-state index contributed by atoms with van der Waals surface area (Å²) in [6, 6.07) is 2.04. The quantitative estimate of drug-likeness (QED) is 0.850. The third kappa shape index (κ3) is 2.05. The van der Waals surface area contributed by atoms with Crippen LogP contribution in [0.25, 0.3) is 11.0 Å². The van der Waals surface area contributed by atoms with Gasteiger partial charge in [0, 0.05) is 19.7 Å². The van der Waals surface area contributed by atoms with Crippen LogP contribution in [0.1, 0.15) is 18.7 Å². The van der Waals surface area contributed by atoms with E-state index in [2.05, 4.69) is 26.9 Å². The highest BCUT2D eigenvalue weighted by atomic mass is 15.1. The second-order valence-electron chi connectivity index (χ2n) is 4.85. The summed E-state index contributed by atoms with van der Waals surface area (Å²) >= 11 is 0. The minimum atomic E-state index is 0.778. The Morgan fingerprint density at radius 2 is 2.24 bits per heavy atom. The van der Waals surface area contributed by atoms with Gasteiger partial charge in [-0.15, -0.1) is 0 Å². The first kappa shape index (κ1) is 10.7. The fraction of sp³-hybridized carbons (Fsp3) is 0.538. The minimum absolute atomic E-state index is 0.778. The highest BCUT2D eigenvalue weighted by Gasteiger charge is 2.17. The molecule has 2 aromatic heterocycles. The van der Waals surface area contributed by atoms with Crippen molar-refractivity contribution in [1.29, 1.82) is 0 Å². The first-order chi connectivity index (χ1) is 8.34. The number of nitrogens with one attached hydrogen (secondary N) is 1. The van der Waals surface area contributed by atoms with Crippen LogP contribution in [0.3, 0.4) is 0 Å². The molecule has 0 bridgehead atoms. The number of rotatable bonds is 2. The fourth-order valence-electron chi connectivity index (χ4n) is 2.63. The van der Waals surface area contributed by atoms with Crippen LogP contribution in [-0.4, -0.2) is 27.6 Å². The summed E-state index contributed by atoms with van der Waals surface area (Å²) < 4.78 is 2.21. The maximum Gasteiger partial charge on any atom is 0.109 e. The van der Waals surface area contributed by atoms with E-state index >= 15 is 0 Å². The smallest absolute Gasteiger partial charge is 0.109 e. The van der Waals surface area contributed by atoms with Crippen LogP contribution in [-0.2, 0) is 13.5 Å². The van der Waals surface area contributed by atoms with Gasteiger partial charge in [0.25, 0.3) is 0 Å². The van der Waals surface area contributed by atoms with E-state index in [1.54, 1.807) is 0 Å². The molecular weight excluding hydrogens is 212 g/mol. The maximum atomic E-state index is 4.69. The molecule has 0 amide bonds. The van der Waals surface area contributed by atoms with Crippen LogP contribution >= 0.6 is 0 Å². The number of imidazole rings is 1. The van der Waals surface area contributed by atoms with Crippen LogP contribution in [0.5, 0.6) is 0 Å². The molecule has 0 atom stereocenters. The van der Waals surface area contributed by atoms with Crippen LogP contribution < -0.4 is 5.32 Å². The third-order valence-electron chi connectivity index (χ3n) is 3.71. The number of nitrogens with zero attached hydrogens (tertiary/aromatic N) is 3. The molecular formula is C13H18N4. The van der Waals surface area contributed by atoms with Gasteiger partial charge in [-0.1, -0.05) is 0 Å². The molecule has 4 nitrogen and oxygen atoms in total. The summed E-state index contributed by atoms with van der Waals surface area (Å²) in [5.41, 5.74) is 2.20. The monoisotopic (exact) mass is 230 g/mol. The first-order valence-electron chi connectivity index (χ1n) is 6.30. The number of pyridine rings is 1. The molecule has 1 N–H and O–H groups in total. The van der Waals surface area contributed by atoms with E-state index in [-0.39, 0.29) is 0 Å². The second kappa shape index (κ2) is 4.45. The molecule has 0 spiro atoms. The van der Waals surface area contributed by atoms with Crippen LogP contribution in [0.2, 0.25) is 0 Å². The van der Waals surface area contributed by atoms with Crippen molar-refractivity contribution < 1.29 is 0 Å². The molecule has 3 heterocycles. The molecule has 0 radical (unpaired) electrons. The largest absolute Gasteiger partial charge is 0.331 e. The predicted octanol–water partition coefficient (Wildman–Crippen LogP) is 1.51. The molecule has 0 aromatic carbocycles. The van der Waals surface area contributed by atoms with Crippen LogP contribution in [0, 0.1) is 5.92 Å². The Balaban J connectivity index is 1.87. The highest BCUT2D eigenvalue weighted by Crippen LogP contribution is 2.20. The minimum Gasteiger partial charge on any atom is -0.331 e. The van der Waals surface area contributed by atoms with Gasteiger partial charge in [0.05, 0.1) is 11.7 Å². The van der Waals surface area contributed by atoms with Gasteiger partial charge in [0.15, 0.2) is 0 Å². The molecule has 1 aliphatic rings. The van der Waals surface area contributed by atoms with Gasteiger partial charge in [0.1, 0.15) is 11.3 Å². The molecule has 17 heavy (non-hydrogen) atoms. The number of aromatic nitrogens is 3. The van der Waals surface area contributed by atoms with Crippen molar-refractivity contribution >= 4 is 11.0 Å². The summed E-state index contributed by atoms with van der Waals surface area (Å²) in [5.74, 6) is 1.97.